The maximum Gasteiger partial charge on any atom is 0.295 e. The lowest BCUT2D eigenvalue weighted by Crippen LogP contribution is -2.11. The molecule has 0 unspecified atom stereocenters. The third-order valence-corrected chi connectivity index (χ3v) is 3.59. The van der Waals surface area contributed by atoms with E-state index < -0.39 is 10.1 Å². The van der Waals surface area contributed by atoms with Crippen LogP contribution in [0.15, 0.2) is 35.2 Å². The average molecular weight is 281 g/mol. The van der Waals surface area contributed by atoms with Crippen molar-refractivity contribution in [3.05, 3.63) is 30.3 Å². The van der Waals surface area contributed by atoms with E-state index in [0.717, 1.165) is 6.07 Å². The Morgan fingerprint density at radius 1 is 1.16 bits per heavy atom. The summed E-state index contributed by atoms with van der Waals surface area (Å²) in [5.41, 5.74) is 0.456. The molecule has 2 aromatic carbocycles. The van der Waals surface area contributed by atoms with Crippen molar-refractivity contribution in [1.82, 2.24) is 0 Å². The topological polar surface area (TPSA) is 86.6 Å². The van der Waals surface area contributed by atoms with Gasteiger partial charge in [-0.2, -0.15) is 8.42 Å². The molecule has 0 atom stereocenters. The summed E-state index contributed by atoms with van der Waals surface area (Å²) < 4.78 is 31.9. The van der Waals surface area contributed by atoms with E-state index in [2.05, 4.69) is 5.32 Å². The molecule has 0 radical (unpaired) electrons. The first-order valence-electron chi connectivity index (χ1n) is 5.79. The van der Waals surface area contributed by atoms with E-state index in [1.165, 1.54) is 0 Å². The van der Waals surface area contributed by atoms with Gasteiger partial charge in [-0.15, -0.1) is 0 Å². The molecule has 3 N–H and O–H groups in total. The fraction of sp³-hybridized carbons (Fsp3) is 0.231. The first-order chi connectivity index (χ1) is 8.80. The Kier molecular flexibility index (Phi) is 3.38. The van der Waals surface area contributed by atoms with Crippen LogP contribution in [0.3, 0.4) is 0 Å². The number of phenols is 1. The van der Waals surface area contributed by atoms with E-state index in [9.17, 15) is 18.1 Å². The molecule has 0 amide bonds. The second kappa shape index (κ2) is 4.71. The van der Waals surface area contributed by atoms with Gasteiger partial charge in [0.05, 0.1) is 5.69 Å². The van der Waals surface area contributed by atoms with Gasteiger partial charge in [0, 0.05) is 22.9 Å². The van der Waals surface area contributed by atoms with E-state index in [-0.39, 0.29) is 16.7 Å². The molecule has 6 heteroatoms. The molecular weight excluding hydrogens is 266 g/mol. The monoisotopic (exact) mass is 281 g/mol. The van der Waals surface area contributed by atoms with E-state index in [1.807, 2.05) is 13.8 Å². The Morgan fingerprint density at radius 2 is 1.74 bits per heavy atom. The number of aromatic hydroxyl groups is 1. The maximum atomic E-state index is 11.4. The molecular formula is C13H15NO4S. The summed E-state index contributed by atoms with van der Waals surface area (Å²) in [6.07, 6.45) is 0. The van der Waals surface area contributed by atoms with Crippen molar-refractivity contribution in [3.63, 3.8) is 0 Å². The summed E-state index contributed by atoms with van der Waals surface area (Å²) >= 11 is 0. The third-order valence-electron chi connectivity index (χ3n) is 2.70. The summed E-state index contributed by atoms with van der Waals surface area (Å²) in [5, 5.41) is 13.9. The molecule has 2 aromatic rings. The molecule has 2 rings (SSSR count). The third kappa shape index (κ3) is 2.64. The van der Waals surface area contributed by atoms with Crippen LogP contribution in [0, 0.1) is 0 Å². The Hall–Kier alpha value is -1.79. The highest BCUT2D eigenvalue weighted by Gasteiger charge is 2.19. The number of hydrogen-bond donors (Lipinski definition) is 3. The molecule has 0 fully saturated rings. The van der Waals surface area contributed by atoms with Crippen LogP contribution in [0.25, 0.3) is 10.8 Å². The summed E-state index contributed by atoms with van der Waals surface area (Å²) in [6.45, 7) is 3.82. The van der Waals surface area contributed by atoms with Gasteiger partial charge in [0.2, 0.25) is 0 Å². The van der Waals surface area contributed by atoms with Gasteiger partial charge in [-0.3, -0.25) is 4.55 Å². The lowest BCUT2D eigenvalue weighted by atomic mass is 10.1. The van der Waals surface area contributed by atoms with Crippen LogP contribution in [0.5, 0.6) is 5.75 Å². The lowest BCUT2D eigenvalue weighted by molar-refractivity contribution is 0.469. The zero-order valence-electron chi connectivity index (χ0n) is 10.6. The second-order valence-corrected chi connectivity index (χ2v) is 5.98. The Morgan fingerprint density at radius 3 is 2.26 bits per heavy atom. The van der Waals surface area contributed by atoms with Crippen LogP contribution >= 0.6 is 0 Å². The summed E-state index contributed by atoms with van der Waals surface area (Å²) in [6, 6.07) is 7.82. The van der Waals surface area contributed by atoms with Crippen molar-refractivity contribution in [2.24, 2.45) is 0 Å². The van der Waals surface area contributed by atoms with Crippen LogP contribution in [-0.4, -0.2) is 24.1 Å². The molecule has 0 aromatic heterocycles. The Labute approximate surface area is 111 Å². The molecule has 0 saturated carbocycles. The summed E-state index contributed by atoms with van der Waals surface area (Å²) in [5.74, 6) is -0.208. The second-order valence-electron chi connectivity index (χ2n) is 4.59. The van der Waals surface area contributed by atoms with Gasteiger partial charge in [-0.1, -0.05) is 24.3 Å². The molecule has 0 spiro atoms. The average Bonchev–Trinajstić information content (AvgIpc) is 2.30. The quantitative estimate of drug-likeness (QED) is 0.594. The minimum atomic E-state index is -4.38. The van der Waals surface area contributed by atoms with Gasteiger partial charge in [0.15, 0.2) is 0 Å². The molecule has 0 aliphatic rings. The highest BCUT2D eigenvalue weighted by Crippen LogP contribution is 2.37. The number of nitrogens with one attached hydrogen (secondary N) is 1. The SMILES string of the molecule is CC(C)Nc1c(O)cc(S(=O)(=O)O)c2ccccc12. The Bertz CT molecular complexity index is 723. The molecule has 5 nitrogen and oxygen atoms in total. The lowest BCUT2D eigenvalue weighted by Gasteiger charge is -2.16. The highest BCUT2D eigenvalue weighted by molar-refractivity contribution is 7.86. The van der Waals surface area contributed by atoms with Crippen LogP contribution < -0.4 is 5.32 Å². The number of fused-ring (bicyclic) bond motifs is 1. The molecule has 19 heavy (non-hydrogen) atoms. The maximum absolute atomic E-state index is 11.4. The Balaban J connectivity index is 2.85. The zero-order chi connectivity index (χ0) is 14.2. The van der Waals surface area contributed by atoms with Crippen LogP contribution in [0.4, 0.5) is 5.69 Å². The molecule has 102 valence electrons. The van der Waals surface area contributed by atoms with Gasteiger partial charge in [-0.25, -0.2) is 0 Å². The van der Waals surface area contributed by atoms with Crippen molar-refractivity contribution in [2.75, 3.05) is 5.32 Å². The van der Waals surface area contributed by atoms with Gasteiger partial charge < -0.3 is 10.4 Å². The zero-order valence-corrected chi connectivity index (χ0v) is 11.4. The first-order valence-corrected chi connectivity index (χ1v) is 7.23. The number of anilines is 1. The van der Waals surface area contributed by atoms with Gasteiger partial charge >= 0.3 is 0 Å². The van der Waals surface area contributed by atoms with Crippen LogP contribution in [-0.2, 0) is 10.1 Å². The van der Waals surface area contributed by atoms with Crippen molar-refractivity contribution < 1.29 is 18.1 Å². The number of hydrogen-bond acceptors (Lipinski definition) is 4. The van der Waals surface area contributed by atoms with Crippen LogP contribution in [0.1, 0.15) is 13.8 Å². The predicted molar refractivity (Wildman–Crippen MR) is 74.2 cm³/mol. The van der Waals surface area contributed by atoms with E-state index in [4.69, 9.17) is 0 Å². The molecule has 0 bridgehead atoms. The first kappa shape index (κ1) is 13.6. The van der Waals surface area contributed by atoms with E-state index in [0.29, 0.717) is 16.5 Å². The molecule has 0 saturated heterocycles. The number of benzene rings is 2. The highest BCUT2D eigenvalue weighted by atomic mass is 32.2. The van der Waals surface area contributed by atoms with Gasteiger partial charge in [-0.05, 0) is 13.8 Å². The van der Waals surface area contributed by atoms with Crippen LogP contribution in [0.2, 0.25) is 0 Å². The largest absolute Gasteiger partial charge is 0.506 e. The minimum absolute atomic E-state index is 0.0749. The number of rotatable bonds is 3. The van der Waals surface area contributed by atoms with E-state index >= 15 is 0 Å². The van der Waals surface area contributed by atoms with Gasteiger partial charge in [0.1, 0.15) is 10.6 Å². The smallest absolute Gasteiger partial charge is 0.295 e. The fourth-order valence-electron chi connectivity index (χ4n) is 1.98. The number of phenolic OH excluding ortho intramolecular Hbond substituents is 1. The molecule has 0 aliphatic heterocycles. The van der Waals surface area contributed by atoms with E-state index in [1.54, 1.807) is 24.3 Å². The van der Waals surface area contributed by atoms with Crippen molar-refractivity contribution in [2.45, 2.75) is 24.8 Å². The van der Waals surface area contributed by atoms with Gasteiger partial charge in [0.25, 0.3) is 10.1 Å². The molecule has 0 aliphatic carbocycles. The molecule has 0 heterocycles. The van der Waals surface area contributed by atoms with Crippen molar-refractivity contribution in [1.29, 1.82) is 0 Å². The van der Waals surface area contributed by atoms with Crippen molar-refractivity contribution >= 4 is 26.6 Å². The van der Waals surface area contributed by atoms with Crippen molar-refractivity contribution in [3.8, 4) is 5.75 Å². The standard InChI is InChI=1S/C13H15NO4S/c1-8(2)14-13-10-6-4-3-5-9(10)12(7-11(13)15)19(16,17)18/h3-8,14-15H,1-2H3,(H,16,17,18). The predicted octanol–water partition coefficient (Wildman–Crippen LogP) is 2.61. The summed E-state index contributed by atoms with van der Waals surface area (Å²) in [7, 11) is -4.38. The fourth-order valence-corrected chi connectivity index (χ4v) is 2.70. The summed E-state index contributed by atoms with van der Waals surface area (Å²) in [4.78, 5) is -0.296. The minimum Gasteiger partial charge on any atom is -0.506 e. The normalized spacial score (nSPS) is 12.0.